The second-order valence-electron chi connectivity index (χ2n) is 8.81. The third-order valence-electron chi connectivity index (χ3n) is 6.57. The van der Waals surface area contributed by atoms with Crippen LogP contribution in [0.25, 0.3) is 33.4 Å². The van der Waals surface area contributed by atoms with Crippen molar-refractivity contribution < 1.29 is 5.11 Å². The van der Waals surface area contributed by atoms with Gasteiger partial charge in [-0.15, -0.1) is 0 Å². The van der Waals surface area contributed by atoms with E-state index in [9.17, 15) is 5.11 Å². The Morgan fingerprint density at radius 2 is 1.86 bits per heavy atom. The minimum absolute atomic E-state index is 0.0264. The fourth-order valence-electron chi connectivity index (χ4n) is 4.72. The van der Waals surface area contributed by atoms with Crippen LogP contribution in [0, 0.1) is 0 Å². The molecule has 2 aromatic heterocycles. The van der Waals surface area contributed by atoms with Crippen molar-refractivity contribution in [1.82, 2.24) is 20.4 Å². The summed E-state index contributed by atoms with van der Waals surface area (Å²) in [7, 11) is 0. The number of rotatable bonds is 6. The number of anilines is 2. The molecule has 2 atom stereocenters. The standard InChI is InChI=1S/C28H26N6O/c1-17-22-12-19(10-11-24(22)34-33-17)23-13-20(32-26(15-35)18-6-3-2-4-7-18)14-29-27(23)21-8-5-9-25-28(21)31-16-30-25/h2-14,16-17,26,32-35H,15H2,1H3,(H,30,31). The maximum absolute atomic E-state index is 10.1. The van der Waals surface area contributed by atoms with Gasteiger partial charge in [-0.25, -0.2) is 10.4 Å². The first-order valence-electron chi connectivity index (χ1n) is 11.7. The van der Waals surface area contributed by atoms with E-state index in [4.69, 9.17) is 4.98 Å². The molecule has 1 aliphatic rings. The number of pyridine rings is 1. The van der Waals surface area contributed by atoms with E-state index in [0.717, 1.165) is 50.4 Å². The van der Waals surface area contributed by atoms with Gasteiger partial charge in [0.1, 0.15) is 0 Å². The number of aromatic amines is 1. The Kier molecular flexibility index (Phi) is 5.41. The molecule has 0 saturated carbocycles. The molecule has 0 spiro atoms. The number of benzene rings is 3. The van der Waals surface area contributed by atoms with Crippen LogP contribution in [0.3, 0.4) is 0 Å². The third-order valence-corrected chi connectivity index (χ3v) is 6.57. The summed E-state index contributed by atoms with van der Waals surface area (Å²) in [4.78, 5) is 12.7. The molecule has 7 heteroatoms. The topological polar surface area (TPSA) is 97.9 Å². The summed E-state index contributed by atoms with van der Waals surface area (Å²) in [6.45, 7) is 2.11. The largest absolute Gasteiger partial charge is 0.394 e. The minimum atomic E-state index is -0.236. The first-order valence-corrected chi connectivity index (χ1v) is 11.7. The molecule has 0 radical (unpaired) electrons. The number of aliphatic hydroxyl groups is 1. The molecule has 0 amide bonds. The summed E-state index contributed by atoms with van der Waals surface area (Å²) in [5.41, 5.74) is 16.4. The fraction of sp³-hybridized carbons (Fsp3) is 0.143. The Bertz CT molecular complexity index is 1500. The first-order chi connectivity index (χ1) is 17.2. The smallest absolute Gasteiger partial charge is 0.0976 e. The van der Waals surface area contributed by atoms with Crippen molar-refractivity contribution in [3.8, 4) is 22.4 Å². The van der Waals surface area contributed by atoms with Crippen molar-refractivity contribution >= 4 is 22.4 Å². The fourth-order valence-corrected chi connectivity index (χ4v) is 4.72. The molecule has 5 aromatic rings. The van der Waals surface area contributed by atoms with E-state index >= 15 is 0 Å². The van der Waals surface area contributed by atoms with E-state index in [2.05, 4.69) is 63.4 Å². The van der Waals surface area contributed by atoms with Gasteiger partial charge in [-0.3, -0.25) is 4.98 Å². The molecule has 3 aromatic carbocycles. The highest BCUT2D eigenvalue weighted by molar-refractivity contribution is 5.96. The molecular formula is C28H26N6O. The van der Waals surface area contributed by atoms with Gasteiger partial charge in [0.05, 0.1) is 59.3 Å². The Morgan fingerprint density at radius 1 is 0.971 bits per heavy atom. The van der Waals surface area contributed by atoms with Crippen LogP contribution in [-0.2, 0) is 0 Å². The molecule has 1 aliphatic heterocycles. The lowest BCUT2D eigenvalue weighted by Gasteiger charge is -2.20. The molecule has 0 fully saturated rings. The summed E-state index contributed by atoms with van der Waals surface area (Å²) in [6, 6.07) is 24.5. The van der Waals surface area contributed by atoms with Gasteiger partial charge in [0.15, 0.2) is 0 Å². The van der Waals surface area contributed by atoms with Crippen molar-refractivity contribution in [3.63, 3.8) is 0 Å². The Hall–Kier alpha value is -4.20. The zero-order valence-corrected chi connectivity index (χ0v) is 19.3. The number of fused-ring (bicyclic) bond motifs is 2. The van der Waals surface area contributed by atoms with E-state index in [1.54, 1.807) is 6.33 Å². The van der Waals surface area contributed by atoms with Crippen molar-refractivity contribution in [1.29, 1.82) is 0 Å². The Morgan fingerprint density at radius 3 is 2.71 bits per heavy atom. The summed E-state index contributed by atoms with van der Waals surface area (Å²) < 4.78 is 0. The molecule has 7 nitrogen and oxygen atoms in total. The predicted octanol–water partition coefficient (Wildman–Crippen LogP) is 5.43. The highest BCUT2D eigenvalue weighted by atomic mass is 16.3. The number of H-pyrrole nitrogens is 1. The van der Waals surface area contributed by atoms with Gasteiger partial charge in [0.25, 0.3) is 0 Å². The molecule has 3 heterocycles. The van der Waals surface area contributed by atoms with Gasteiger partial charge in [0, 0.05) is 11.1 Å². The molecule has 174 valence electrons. The maximum Gasteiger partial charge on any atom is 0.0976 e. The van der Waals surface area contributed by atoms with E-state index < -0.39 is 0 Å². The lowest BCUT2D eigenvalue weighted by Crippen LogP contribution is -2.15. The van der Waals surface area contributed by atoms with Gasteiger partial charge < -0.3 is 20.8 Å². The molecule has 0 aliphatic carbocycles. The average Bonchev–Trinajstić information content (AvgIpc) is 3.54. The number of hydrazine groups is 1. The highest BCUT2D eigenvalue weighted by Crippen LogP contribution is 2.39. The summed E-state index contributed by atoms with van der Waals surface area (Å²) in [6.07, 6.45) is 3.54. The van der Waals surface area contributed by atoms with Crippen LogP contribution in [0.4, 0.5) is 11.4 Å². The molecule has 6 rings (SSSR count). The number of aliphatic hydroxyl groups excluding tert-OH is 1. The number of hydrogen-bond donors (Lipinski definition) is 5. The Labute approximate surface area is 203 Å². The number of hydrogen-bond acceptors (Lipinski definition) is 6. The first kappa shape index (κ1) is 21.3. The monoisotopic (exact) mass is 462 g/mol. The van der Waals surface area contributed by atoms with Gasteiger partial charge in [-0.1, -0.05) is 48.5 Å². The van der Waals surface area contributed by atoms with Crippen molar-refractivity contribution in [2.75, 3.05) is 17.3 Å². The summed E-state index contributed by atoms with van der Waals surface area (Å²) >= 11 is 0. The number of imidazole rings is 1. The normalized spacial score (nSPS) is 15.5. The molecule has 5 N–H and O–H groups in total. The maximum atomic E-state index is 10.1. The van der Waals surface area contributed by atoms with Crippen LogP contribution in [0.15, 0.2) is 85.3 Å². The van der Waals surface area contributed by atoms with Crippen molar-refractivity contribution in [3.05, 3.63) is 96.4 Å². The SMILES string of the molecule is CC1NNc2ccc(-c3cc(NC(CO)c4ccccc4)cnc3-c3cccc4[nH]cnc34)cc21. The van der Waals surface area contributed by atoms with E-state index in [-0.39, 0.29) is 18.7 Å². The van der Waals surface area contributed by atoms with Gasteiger partial charge >= 0.3 is 0 Å². The van der Waals surface area contributed by atoms with Crippen LogP contribution in [0.1, 0.15) is 30.1 Å². The van der Waals surface area contributed by atoms with Crippen LogP contribution in [0.2, 0.25) is 0 Å². The van der Waals surface area contributed by atoms with Crippen LogP contribution >= 0.6 is 0 Å². The number of aromatic nitrogens is 3. The second kappa shape index (κ2) is 8.87. The lowest BCUT2D eigenvalue weighted by atomic mass is 9.95. The quantitative estimate of drug-likeness (QED) is 0.231. The number of para-hydroxylation sites is 1. The zero-order chi connectivity index (χ0) is 23.8. The number of nitrogens with zero attached hydrogens (tertiary/aromatic N) is 2. The third kappa shape index (κ3) is 3.90. The predicted molar refractivity (Wildman–Crippen MR) is 140 cm³/mol. The second-order valence-corrected chi connectivity index (χ2v) is 8.81. The summed E-state index contributed by atoms with van der Waals surface area (Å²) in [5.74, 6) is 0. The minimum Gasteiger partial charge on any atom is -0.394 e. The number of nitrogens with one attached hydrogen (secondary N) is 4. The molecular weight excluding hydrogens is 436 g/mol. The van der Waals surface area contributed by atoms with Crippen molar-refractivity contribution in [2.24, 2.45) is 0 Å². The van der Waals surface area contributed by atoms with Crippen LogP contribution in [0.5, 0.6) is 0 Å². The molecule has 0 saturated heterocycles. The van der Waals surface area contributed by atoms with E-state index in [1.165, 1.54) is 5.56 Å². The van der Waals surface area contributed by atoms with Gasteiger partial charge in [0.2, 0.25) is 0 Å². The van der Waals surface area contributed by atoms with Crippen molar-refractivity contribution in [2.45, 2.75) is 19.0 Å². The van der Waals surface area contributed by atoms with Gasteiger partial charge in [-0.05, 0) is 47.9 Å². The average molecular weight is 463 g/mol. The lowest BCUT2D eigenvalue weighted by molar-refractivity contribution is 0.276. The van der Waals surface area contributed by atoms with Crippen LogP contribution < -0.4 is 16.2 Å². The zero-order valence-electron chi connectivity index (χ0n) is 19.3. The summed E-state index contributed by atoms with van der Waals surface area (Å²) in [5, 5.41) is 13.5. The van der Waals surface area contributed by atoms with E-state index in [0.29, 0.717) is 0 Å². The molecule has 0 bridgehead atoms. The Balaban J connectivity index is 1.48. The molecule has 2 unspecified atom stereocenters. The van der Waals surface area contributed by atoms with Gasteiger partial charge in [-0.2, -0.15) is 0 Å². The molecule has 35 heavy (non-hydrogen) atoms. The van der Waals surface area contributed by atoms with E-state index in [1.807, 2.05) is 48.7 Å². The van der Waals surface area contributed by atoms with Crippen LogP contribution in [-0.4, -0.2) is 26.7 Å². The highest BCUT2D eigenvalue weighted by Gasteiger charge is 2.21.